The molecule has 0 spiro atoms. The van der Waals surface area contributed by atoms with Gasteiger partial charge in [-0.1, -0.05) is 16.1 Å². The maximum absolute atomic E-state index is 6.06. The topological polar surface area (TPSA) is 32.3 Å². The summed E-state index contributed by atoms with van der Waals surface area (Å²) in [6.07, 6.45) is 5.42. The normalized spacial score (nSPS) is 23.2. The van der Waals surface area contributed by atoms with Gasteiger partial charge in [0.25, 0.3) is 0 Å². The monoisotopic (exact) mass is 300 g/mol. The first-order chi connectivity index (χ1) is 9.31. The number of rotatable bonds is 4. The average Bonchev–Trinajstić information content (AvgIpc) is 3.05. The maximum atomic E-state index is 6.06. The predicted molar refractivity (Wildman–Crippen MR) is 78.6 cm³/mol. The van der Waals surface area contributed by atoms with Crippen LogP contribution in [-0.4, -0.2) is 52.1 Å². The van der Waals surface area contributed by atoms with Crippen molar-refractivity contribution >= 4 is 23.1 Å². The van der Waals surface area contributed by atoms with E-state index in [-0.39, 0.29) is 0 Å². The standard InChI is InChI=1S/C13H21ClN4S/c14-13-12(15-16-19-13)10-18-7-3-11(4-8-18)9-17-5-1-2-6-17/h11H,1-10H2. The number of nitrogens with zero attached hydrogens (tertiary/aromatic N) is 4. The molecule has 3 rings (SSSR count). The number of aromatic nitrogens is 2. The molecule has 19 heavy (non-hydrogen) atoms. The zero-order valence-electron chi connectivity index (χ0n) is 11.2. The van der Waals surface area contributed by atoms with Crippen LogP contribution in [0.15, 0.2) is 0 Å². The molecule has 0 atom stereocenters. The third kappa shape index (κ3) is 3.66. The lowest BCUT2D eigenvalue weighted by molar-refractivity contribution is 0.147. The van der Waals surface area contributed by atoms with Crippen molar-refractivity contribution in [2.45, 2.75) is 32.2 Å². The number of hydrogen-bond acceptors (Lipinski definition) is 5. The van der Waals surface area contributed by atoms with Crippen LogP contribution in [0.5, 0.6) is 0 Å². The number of hydrogen-bond donors (Lipinski definition) is 0. The molecule has 0 aliphatic carbocycles. The second-order valence-electron chi connectivity index (χ2n) is 5.72. The van der Waals surface area contributed by atoms with E-state index in [1.807, 2.05) is 0 Å². The van der Waals surface area contributed by atoms with Gasteiger partial charge < -0.3 is 4.90 Å². The van der Waals surface area contributed by atoms with E-state index < -0.39 is 0 Å². The molecule has 0 bridgehead atoms. The van der Waals surface area contributed by atoms with Gasteiger partial charge in [0.2, 0.25) is 0 Å². The lowest BCUT2D eigenvalue weighted by Gasteiger charge is -2.33. The molecule has 0 unspecified atom stereocenters. The molecule has 0 saturated carbocycles. The quantitative estimate of drug-likeness (QED) is 0.855. The van der Waals surface area contributed by atoms with Gasteiger partial charge in [-0.15, -0.1) is 5.10 Å². The van der Waals surface area contributed by atoms with Crippen LogP contribution >= 0.6 is 23.1 Å². The molecular formula is C13H21ClN4S. The van der Waals surface area contributed by atoms with Crippen LogP contribution in [0.2, 0.25) is 4.34 Å². The lowest BCUT2D eigenvalue weighted by Crippen LogP contribution is -2.37. The van der Waals surface area contributed by atoms with Crippen molar-refractivity contribution in [2.75, 3.05) is 32.7 Å². The first-order valence-electron chi connectivity index (χ1n) is 7.22. The molecule has 106 valence electrons. The third-order valence-corrected chi connectivity index (χ3v) is 5.29. The highest BCUT2D eigenvalue weighted by atomic mass is 35.5. The van der Waals surface area contributed by atoms with Crippen LogP contribution in [-0.2, 0) is 6.54 Å². The minimum absolute atomic E-state index is 0.749. The summed E-state index contributed by atoms with van der Waals surface area (Å²) >= 11 is 7.35. The van der Waals surface area contributed by atoms with Gasteiger partial charge in [-0.05, 0) is 57.8 Å². The van der Waals surface area contributed by atoms with Gasteiger partial charge in [-0.2, -0.15) is 0 Å². The van der Waals surface area contributed by atoms with Gasteiger partial charge in [0.15, 0.2) is 0 Å². The summed E-state index contributed by atoms with van der Waals surface area (Å²) in [6, 6.07) is 0. The molecule has 1 aromatic rings. The van der Waals surface area contributed by atoms with Crippen LogP contribution in [0.4, 0.5) is 0 Å². The number of likely N-dealkylation sites (tertiary alicyclic amines) is 2. The van der Waals surface area contributed by atoms with E-state index in [0.717, 1.165) is 22.5 Å². The van der Waals surface area contributed by atoms with Crippen molar-refractivity contribution in [3.63, 3.8) is 0 Å². The van der Waals surface area contributed by atoms with Gasteiger partial charge in [-0.25, -0.2) is 0 Å². The summed E-state index contributed by atoms with van der Waals surface area (Å²) in [5, 5.41) is 4.10. The summed E-state index contributed by atoms with van der Waals surface area (Å²) in [6.45, 7) is 7.16. The zero-order chi connectivity index (χ0) is 13.1. The molecule has 2 aliphatic rings. The van der Waals surface area contributed by atoms with Gasteiger partial charge in [-0.3, -0.25) is 4.90 Å². The van der Waals surface area contributed by atoms with Crippen LogP contribution in [0.25, 0.3) is 0 Å². The minimum atomic E-state index is 0.749. The Kier molecular flexibility index (Phi) is 4.69. The Balaban J connectivity index is 1.43. The molecule has 6 heteroatoms. The highest BCUT2D eigenvalue weighted by Crippen LogP contribution is 2.24. The Morgan fingerprint density at radius 1 is 1.11 bits per heavy atom. The summed E-state index contributed by atoms with van der Waals surface area (Å²) in [7, 11) is 0. The highest BCUT2D eigenvalue weighted by Gasteiger charge is 2.23. The Morgan fingerprint density at radius 3 is 2.47 bits per heavy atom. The molecule has 2 fully saturated rings. The zero-order valence-corrected chi connectivity index (χ0v) is 12.8. The molecule has 1 aromatic heterocycles. The van der Waals surface area contributed by atoms with Gasteiger partial charge in [0.1, 0.15) is 10.0 Å². The summed E-state index contributed by atoms with van der Waals surface area (Å²) in [5.74, 6) is 0.887. The maximum Gasteiger partial charge on any atom is 0.138 e. The van der Waals surface area contributed by atoms with E-state index >= 15 is 0 Å². The van der Waals surface area contributed by atoms with Crippen LogP contribution in [0.1, 0.15) is 31.4 Å². The minimum Gasteiger partial charge on any atom is -0.303 e. The van der Waals surface area contributed by atoms with E-state index in [9.17, 15) is 0 Å². The van der Waals surface area contributed by atoms with Crippen molar-refractivity contribution in [2.24, 2.45) is 5.92 Å². The Labute approximate surface area is 123 Å². The van der Waals surface area contributed by atoms with Gasteiger partial charge in [0, 0.05) is 24.6 Å². The van der Waals surface area contributed by atoms with E-state index in [2.05, 4.69) is 19.4 Å². The van der Waals surface area contributed by atoms with Crippen molar-refractivity contribution in [3.8, 4) is 0 Å². The van der Waals surface area contributed by atoms with Crippen molar-refractivity contribution in [3.05, 3.63) is 10.0 Å². The lowest BCUT2D eigenvalue weighted by atomic mass is 9.96. The fourth-order valence-electron chi connectivity index (χ4n) is 3.16. The molecule has 0 aromatic carbocycles. The molecule has 3 heterocycles. The molecule has 0 N–H and O–H groups in total. The summed E-state index contributed by atoms with van der Waals surface area (Å²) in [4.78, 5) is 5.10. The molecular weight excluding hydrogens is 280 g/mol. The Hall–Kier alpha value is -0.230. The highest BCUT2D eigenvalue weighted by molar-refractivity contribution is 7.10. The Bertz CT molecular complexity index is 397. The molecule has 4 nitrogen and oxygen atoms in total. The van der Waals surface area contributed by atoms with Crippen molar-refractivity contribution in [1.82, 2.24) is 19.4 Å². The van der Waals surface area contributed by atoms with Gasteiger partial charge in [0.05, 0.1) is 0 Å². The summed E-state index contributed by atoms with van der Waals surface area (Å²) in [5.41, 5.74) is 0.949. The van der Waals surface area contributed by atoms with Crippen LogP contribution in [0.3, 0.4) is 0 Å². The van der Waals surface area contributed by atoms with Crippen LogP contribution in [0, 0.1) is 5.92 Å². The van der Waals surface area contributed by atoms with E-state index in [1.54, 1.807) is 0 Å². The fraction of sp³-hybridized carbons (Fsp3) is 0.846. The largest absolute Gasteiger partial charge is 0.303 e. The second kappa shape index (κ2) is 6.48. The van der Waals surface area contributed by atoms with Crippen molar-refractivity contribution < 1.29 is 0 Å². The molecule has 2 aliphatic heterocycles. The van der Waals surface area contributed by atoms with Crippen LogP contribution < -0.4 is 0 Å². The molecule has 2 saturated heterocycles. The Morgan fingerprint density at radius 2 is 1.84 bits per heavy atom. The second-order valence-corrected chi connectivity index (χ2v) is 7.08. The first kappa shape index (κ1) is 13.7. The SMILES string of the molecule is Clc1snnc1CN1CCC(CN2CCCC2)CC1. The average molecular weight is 301 g/mol. The van der Waals surface area contributed by atoms with Gasteiger partial charge >= 0.3 is 0 Å². The molecule has 0 radical (unpaired) electrons. The van der Waals surface area contributed by atoms with E-state index in [0.29, 0.717) is 0 Å². The van der Waals surface area contributed by atoms with Crippen molar-refractivity contribution in [1.29, 1.82) is 0 Å². The summed E-state index contributed by atoms with van der Waals surface area (Å²) < 4.78 is 4.65. The van der Waals surface area contributed by atoms with E-state index in [4.69, 9.17) is 11.6 Å². The predicted octanol–water partition coefficient (Wildman–Crippen LogP) is 2.50. The fourth-order valence-corrected chi connectivity index (χ4v) is 3.77. The molecule has 0 amide bonds. The first-order valence-corrected chi connectivity index (χ1v) is 8.38. The number of piperidine rings is 1. The van der Waals surface area contributed by atoms with E-state index in [1.165, 1.54) is 69.9 Å². The smallest absolute Gasteiger partial charge is 0.138 e. The third-order valence-electron chi connectivity index (χ3n) is 4.30. The number of halogens is 1.